The Hall–Kier alpha value is -0.800. The van der Waals surface area contributed by atoms with Crippen molar-refractivity contribution in [2.24, 2.45) is 0 Å². The number of nitrogens with zero attached hydrogens (tertiary/aromatic N) is 1. The molecule has 0 fully saturated rings. The van der Waals surface area contributed by atoms with Gasteiger partial charge in [0.2, 0.25) is 5.91 Å². The Bertz CT molecular complexity index is 315. The first-order valence-corrected chi connectivity index (χ1v) is 4.48. The van der Waals surface area contributed by atoms with E-state index in [1.807, 2.05) is 0 Å². The third-order valence-corrected chi connectivity index (χ3v) is 1.88. The van der Waals surface area contributed by atoms with Crippen molar-refractivity contribution in [1.29, 1.82) is 0 Å². The van der Waals surface area contributed by atoms with Crippen molar-refractivity contribution in [3.8, 4) is 0 Å². The fraction of sp³-hybridized carbons (Fsp3) is 0.250. The van der Waals surface area contributed by atoms with E-state index >= 15 is 0 Å². The van der Waals surface area contributed by atoms with Crippen LogP contribution in [0, 0.1) is 0 Å². The molecule has 0 radical (unpaired) electrons. The summed E-state index contributed by atoms with van der Waals surface area (Å²) in [5, 5.41) is 2.22. The lowest BCUT2D eigenvalue weighted by Gasteiger charge is -2.06. The molecule has 0 bridgehead atoms. The summed E-state index contributed by atoms with van der Waals surface area (Å²) >= 11 is 11.3. The fourth-order valence-corrected chi connectivity index (χ4v) is 0.933. The van der Waals surface area contributed by atoms with Crippen molar-refractivity contribution in [1.82, 2.24) is 4.98 Å². The van der Waals surface area contributed by atoms with Gasteiger partial charge in [-0.05, 0) is 19.1 Å². The number of carbonyl (C=O) groups excluding carboxylic acids is 1. The summed E-state index contributed by atoms with van der Waals surface area (Å²) < 4.78 is 0. The average molecular weight is 219 g/mol. The lowest BCUT2D eigenvalue weighted by Crippen LogP contribution is -2.20. The molecule has 0 aliphatic carbocycles. The Labute approximate surface area is 86.1 Å². The minimum Gasteiger partial charge on any atom is -0.322 e. The maximum absolute atomic E-state index is 11.1. The summed E-state index contributed by atoms with van der Waals surface area (Å²) in [5.41, 5.74) is 0.474. The molecule has 70 valence electrons. The number of alkyl halides is 1. The van der Waals surface area contributed by atoms with Crippen LogP contribution in [0.1, 0.15) is 6.92 Å². The van der Waals surface area contributed by atoms with Crippen LogP contribution in [0.3, 0.4) is 0 Å². The minimum absolute atomic E-state index is 0.258. The second-order valence-corrected chi connectivity index (χ2v) is 3.46. The zero-order valence-electron chi connectivity index (χ0n) is 6.92. The second kappa shape index (κ2) is 4.44. The standard InChI is InChI=1S/C8H8Cl2N2O/c1-5(9)8(13)12-6-3-2-4-11-7(6)10/h2-5H,1H3,(H,12,13)/t5-/m1/s1. The van der Waals surface area contributed by atoms with Crippen molar-refractivity contribution in [3.05, 3.63) is 23.5 Å². The Kier molecular flexibility index (Phi) is 3.51. The van der Waals surface area contributed by atoms with Crippen LogP contribution in [-0.2, 0) is 4.79 Å². The average Bonchev–Trinajstić information content (AvgIpc) is 2.08. The van der Waals surface area contributed by atoms with Crippen LogP contribution < -0.4 is 5.32 Å². The van der Waals surface area contributed by atoms with Gasteiger partial charge in [0.25, 0.3) is 0 Å². The van der Waals surface area contributed by atoms with E-state index in [1.165, 1.54) is 0 Å². The van der Waals surface area contributed by atoms with Gasteiger partial charge in [-0.1, -0.05) is 11.6 Å². The summed E-state index contributed by atoms with van der Waals surface area (Å²) in [7, 11) is 0. The summed E-state index contributed by atoms with van der Waals surface area (Å²) in [5.74, 6) is -0.295. The molecule has 0 saturated heterocycles. The molecule has 3 nitrogen and oxygen atoms in total. The Morgan fingerprint density at radius 3 is 2.92 bits per heavy atom. The molecule has 1 aromatic heterocycles. The highest BCUT2D eigenvalue weighted by atomic mass is 35.5. The van der Waals surface area contributed by atoms with Crippen molar-refractivity contribution in [2.75, 3.05) is 5.32 Å². The molecule has 0 aliphatic rings. The van der Waals surface area contributed by atoms with E-state index in [-0.39, 0.29) is 11.1 Å². The molecule has 1 rings (SSSR count). The molecule has 0 unspecified atom stereocenters. The molecule has 1 aromatic rings. The molecule has 1 N–H and O–H groups in total. The number of pyridine rings is 1. The van der Waals surface area contributed by atoms with E-state index in [0.29, 0.717) is 5.69 Å². The maximum Gasteiger partial charge on any atom is 0.242 e. The molecule has 1 atom stereocenters. The van der Waals surface area contributed by atoms with E-state index in [9.17, 15) is 4.79 Å². The van der Waals surface area contributed by atoms with Crippen LogP contribution in [0.5, 0.6) is 0 Å². The van der Waals surface area contributed by atoms with Crippen LogP contribution in [-0.4, -0.2) is 16.3 Å². The highest BCUT2D eigenvalue weighted by Gasteiger charge is 2.10. The Balaban J connectivity index is 2.75. The van der Waals surface area contributed by atoms with Crippen LogP contribution in [0.25, 0.3) is 0 Å². The van der Waals surface area contributed by atoms with Crippen LogP contribution in [0.15, 0.2) is 18.3 Å². The number of hydrogen-bond acceptors (Lipinski definition) is 2. The van der Waals surface area contributed by atoms with Gasteiger partial charge in [-0.3, -0.25) is 4.79 Å². The van der Waals surface area contributed by atoms with Crippen molar-refractivity contribution in [3.63, 3.8) is 0 Å². The van der Waals surface area contributed by atoms with E-state index in [2.05, 4.69) is 10.3 Å². The number of rotatable bonds is 2. The van der Waals surface area contributed by atoms with Gasteiger partial charge in [-0.2, -0.15) is 0 Å². The summed E-state index contributed by atoms with van der Waals surface area (Å²) in [4.78, 5) is 14.9. The zero-order chi connectivity index (χ0) is 9.84. The summed E-state index contributed by atoms with van der Waals surface area (Å²) in [6.45, 7) is 1.58. The SMILES string of the molecule is C[C@@H](Cl)C(=O)Nc1cccnc1Cl. The Morgan fingerprint density at radius 1 is 1.69 bits per heavy atom. The summed E-state index contributed by atoms with van der Waals surface area (Å²) in [6, 6.07) is 3.34. The van der Waals surface area contributed by atoms with E-state index < -0.39 is 5.38 Å². The van der Waals surface area contributed by atoms with Gasteiger partial charge < -0.3 is 5.32 Å². The minimum atomic E-state index is -0.587. The Morgan fingerprint density at radius 2 is 2.38 bits per heavy atom. The largest absolute Gasteiger partial charge is 0.322 e. The molecule has 13 heavy (non-hydrogen) atoms. The van der Waals surface area contributed by atoms with Crippen molar-refractivity contribution < 1.29 is 4.79 Å². The number of nitrogens with one attached hydrogen (secondary N) is 1. The van der Waals surface area contributed by atoms with Crippen molar-refractivity contribution >= 4 is 34.8 Å². The molecule has 0 aromatic carbocycles. The maximum atomic E-state index is 11.1. The first-order valence-electron chi connectivity index (χ1n) is 3.66. The van der Waals surface area contributed by atoms with Gasteiger partial charge in [0.15, 0.2) is 5.15 Å². The molecule has 0 aliphatic heterocycles. The molecule has 0 saturated carbocycles. The molecular weight excluding hydrogens is 211 g/mol. The van der Waals surface area contributed by atoms with Gasteiger partial charge in [0.05, 0.1) is 5.69 Å². The first kappa shape index (κ1) is 10.3. The number of hydrogen-bond donors (Lipinski definition) is 1. The molecule has 1 heterocycles. The first-order chi connectivity index (χ1) is 6.11. The smallest absolute Gasteiger partial charge is 0.242 e. The quantitative estimate of drug-likeness (QED) is 0.612. The lowest BCUT2D eigenvalue weighted by molar-refractivity contribution is -0.115. The van der Waals surface area contributed by atoms with E-state index in [1.54, 1.807) is 25.3 Å². The van der Waals surface area contributed by atoms with Crippen LogP contribution >= 0.6 is 23.2 Å². The van der Waals surface area contributed by atoms with E-state index in [0.717, 1.165) is 0 Å². The number of amides is 1. The molecule has 5 heteroatoms. The third kappa shape index (κ3) is 2.86. The number of carbonyl (C=O) groups is 1. The summed E-state index contributed by atoms with van der Waals surface area (Å²) in [6.07, 6.45) is 1.54. The van der Waals surface area contributed by atoms with Crippen LogP contribution in [0.4, 0.5) is 5.69 Å². The number of anilines is 1. The van der Waals surface area contributed by atoms with Gasteiger partial charge in [0.1, 0.15) is 5.38 Å². The predicted molar refractivity (Wildman–Crippen MR) is 53.2 cm³/mol. The monoisotopic (exact) mass is 218 g/mol. The molecule has 1 amide bonds. The highest BCUT2D eigenvalue weighted by molar-refractivity contribution is 6.34. The van der Waals surface area contributed by atoms with Crippen molar-refractivity contribution in [2.45, 2.75) is 12.3 Å². The fourth-order valence-electron chi connectivity index (χ4n) is 0.711. The lowest BCUT2D eigenvalue weighted by atomic mass is 10.4. The topological polar surface area (TPSA) is 42.0 Å². The molecule has 0 spiro atoms. The number of halogens is 2. The molecular formula is C8H8Cl2N2O. The van der Waals surface area contributed by atoms with E-state index in [4.69, 9.17) is 23.2 Å². The van der Waals surface area contributed by atoms with Crippen LogP contribution in [0.2, 0.25) is 5.15 Å². The number of aromatic nitrogens is 1. The zero-order valence-corrected chi connectivity index (χ0v) is 8.43. The van der Waals surface area contributed by atoms with Gasteiger partial charge in [-0.25, -0.2) is 4.98 Å². The van der Waals surface area contributed by atoms with Gasteiger partial charge >= 0.3 is 0 Å². The predicted octanol–water partition coefficient (Wildman–Crippen LogP) is 2.30. The normalized spacial score (nSPS) is 12.2. The second-order valence-electron chi connectivity index (χ2n) is 2.45. The van der Waals surface area contributed by atoms with Gasteiger partial charge in [-0.15, -0.1) is 11.6 Å². The van der Waals surface area contributed by atoms with Gasteiger partial charge in [0, 0.05) is 6.20 Å². The third-order valence-electron chi connectivity index (χ3n) is 1.38. The highest BCUT2D eigenvalue weighted by Crippen LogP contribution is 2.17.